The van der Waals surface area contributed by atoms with Crippen molar-refractivity contribution in [2.75, 3.05) is 17.2 Å². The predicted molar refractivity (Wildman–Crippen MR) is 130 cm³/mol. The Balaban J connectivity index is 1.27. The van der Waals surface area contributed by atoms with Gasteiger partial charge in [-0.15, -0.1) is 13.2 Å². The molecule has 180 valence electrons. The number of hydrogen-bond acceptors (Lipinski definition) is 5. The fourth-order valence-electron chi connectivity index (χ4n) is 4.09. The summed E-state index contributed by atoms with van der Waals surface area (Å²) in [5.74, 6) is 0.879. The molecule has 0 saturated heterocycles. The Labute approximate surface area is 198 Å². The third kappa shape index (κ3) is 5.32. The highest BCUT2D eigenvalue weighted by molar-refractivity contribution is 5.85. The van der Waals surface area contributed by atoms with E-state index in [0.717, 1.165) is 39.1 Å². The second-order valence-corrected chi connectivity index (χ2v) is 8.34. The van der Waals surface area contributed by atoms with Crippen LogP contribution in [0.1, 0.15) is 17.0 Å². The first kappa shape index (κ1) is 22.6. The Morgan fingerprint density at radius 1 is 0.971 bits per heavy atom. The highest BCUT2D eigenvalue weighted by atomic mass is 19.4. The topological polar surface area (TPSA) is 90.7 Å². The van der Waals surface area contributed by atoms with Crippen LogP contribution >= 0.6 is 0 Å². The van der Waals surface area contributed by atoms with E-state index in [-0.39, 0.29) is 5.75 Å². The van der Waals surface area contributed by atoms with Gasteiger partial charge in [-0.1, -0.05) is 0 Å². The number of anilines is 3. The van der Waals surface area contributed by atoms with Crippen molar-refractivity contribution in [3.05, 3.63) is 71.7 Å². The van der Waals surface area contributed by atoms with E-state index in [4.69, 9.17) is 0 Å². The first-order valence-electron chi connectivity index (χ1n) is 11.0. The maximum Gasteiger partial charge on any atom is 0.573 e. The Bertz CT molecular complexity index is 1500. The predicted octanol–water partition coefficient (Wildman–Crippen LogP) is 6.35. The van der Waals surface area contributed by atoms with Crippen LogP contribution in [0.2, 0.25) is 0 Å². The van der Waals surface area contributed by atoms with Gasteiger partial charge in [0.05, 0.1) is 0 Å². The van der Waals surface area contributed by atoms with Crippen LogP contribution in [0.25, 0.3) is 21.8 Å². The zero-order valence-corrected chi connectivity index (χ0v) is 19.0. The standard InChI is InChI=1S/C25H23F3N6O/c1-14-9-17-11-18(3-5-21(17)31-14)33-23-10-15(2)32-24(34-23)29-8-7-16-13-30-22-6-4-19(12-20(16)22)35-25(26,27)28/h3-6,9-13,30-31H,7-8H2,1-2H3,(H2,29,32,33,34). The summed E-state index contributed by atoms with van der Waals surface area (Å²) in [4.78, 5) is 15.4. The van der Waals surface area contributed by atoms with Crippen molar-refractivity contribution in [2.45, 2.75) is 26.6 Å². The number of benzene rings is 2. The van der Waals surface area contributed by atoms with E-state index in [9.17, 15) is 13.2 Å². The molecule has 0 aliphatic rings. The van der Waals surface area contributed by atoms with E-state index in [0.29, 0.717) is 30.1 Å². The number of H-pyrrole nitrogens is 2. The van der Waals surface area contributed by atoms with Gasteiger partial charge in [-0.3, -0.25) is 0 Å². The van der Waals surface area contributed by atoms with Crippen molar-refractivity contribution in [3.8, 4) is 5.75 Å². The number of alkyl halides is 3. The SMILES string of the molecule is Cc1cc(Nc2ccc3[nH]c(C)cc3c2)nc(NCCc2c[nH]c3ccc(OC(F)(F)F)cc23)n1. The van der Waals surface area contributed by atoms with Gasteiger partial charge in [-0.05, 0) is 68.3 Å². The second-order valence-electron chi connectivity index (χ2n) is 8.34. The van der Waals surface area contributed by atoms with E-state index < -0.39 is 6.36 Å². The van der Waals surface area contributed by atoms with Crippen LogP contribution in [0.5, 0.6) is 5.75 Å². The number of halogens is 3. The number of nitrogens with zero attached hydrogens (tertiary/aromatic N) is 2. The normalized spacial score (nSPS) is 11.8. The summed E-state index contributed by atoms with van der Waals surface area (Å²) < 4.78 is 41.8. The van der Waals surface area contributed by atoms with Crippen LogP contribution in [0.3, 0.4) is 0 Å². The van der Waals surface area contributed by atoms with Crippen molar-refractivity contribution in [1.82, 2.24) is 19.9 Å². The summed E-state index contributed by atoms with van der Waals surface area (Å²) in [5.41, 5.74) is 5.48. The summed E-state index contributed by atoms with van der Waals surface area (Å²) in [7, 11) is 0. The highest BCUT2D eigenvalue weighted by Gasteiger charge is 2.31. The molecule has 0 radical (unpaired) electrons. The summed E-state index contributed by atoms with van der Waals surface area (Å²) in [6.45, 7) is 4.40. The average molecular weight is 480 g/mol. The lowest BCUT2D eigenvalue weighted by molar-refractivity contribution is -0.274. The molecule has 0 saturated carbocycles. The number of fused-ring (bicyclic) bond motifs is 2. The van der Waals surface area contributed by atoms with Gasteiger partial charge < -0.3 is 25.3 Å². The number of aryl methyl sites for hydroxylation is 2. The van der Waals surface area contributed by atoms with Crippen LogP contribution in [-0.2, 0) is 6.42 Å². The maximum atomic E-state index is 12.6. The van der Waals surface area contributed by atoms with Crippen LogP contribution in [0.4, 0.5) is 30.6 Å². The van der Waals surface area contributed by atoms with Gasteiger partial charge in [0.15, 0.2) is 0 Å². The lowest BCUT2D eigenvalue weighted by atomic mass is 10.1. The maximum absolute atomic E-state index is 12.6. The van der Waals surface area contributed by atoms with Crippen molar-refractivity contribution >= 4 is 39.3 Å². The molecule has 0 amide bonds. The highest BCUT2D eigenvalue weighted by Crippen LogP contribution is 2.28. The first-order valence-corrected chi connectivity index (χ1v) is 11.0. The molecule has 3 aromatic heterocycles. The summed E-state index contributed by atoms with van der Waals surface area (Å²) >= 11 is 0. The molecule has 0 fully saturated rings. The van der Waals surface area contributed by atoms with Crippen molar-refractivity contribution in [3.63, 3.8) is 0 Å². The third-order valence-corrected chi connectivity index (χ3v) is 5.53. The number of ether oxygens (including phenoxy) is 1. The molecule has 0 aliphatic carbocycles. The summed E-state index contributed by atoms with van der Waals surface area (Å²) in [6.07, 6.45) is -2.39. The number of aromatic amines is 2. The van der Waals surface area contributed by atoms with Crippen LogP contribution in [0, 0.1) is 13.8 Å². The van der Waals surface area contributed by atoms with E-state index >= 15 is 0 Å². The summed E-state index contributed by atoms with van der Waals surface area (Å²) in [6, 6.07) is 14.3. The number of nitrogens with one attached hydrogen (secondary N) is 4. The monoisotopic (exact) mass is 480 g/mol. The molecule has 7 nitrogen and oxygen atoms in total. The van der Waals surface area contributed by atoms with Gasteiger partial charge in [-0.2, -0.15) is 4.98 Å². The van der Waals surface area contributed by atoms with Gasteiger partial charge in [0.1, 0.15) is 11.6 Å². The van der Waals surface area contributed by atoms with E-state index in [1.807, 2.05) is 32.0 Å². The van der Waals surface area contributed by atoms with Gasteiger partial charge >= 0.3 is 6.36 Å². The molecule has 4 N–H and O–H groups in total. The molecule has 3 heterocycles. The molecule has 0 aliphatic heterocycles. The van der Waals surface area contributed by atoms with Crippen LogP contribution in [-0.4, -0.2) is 32.8 Å². The van der Waals surface area contributed by atoms with Crippen molar-refractivity contribution in [2.24, 2.45) is 0 Å². The zero-order chi connectivity index (χ0) is 24.6. The van der Waals surface area contributed by atoms with Gasteiger partial charge in [0, 0.05) is 57.7 Å². The molecule has 2 aromatic carbocycles. The van der Waals surface area contributed by atoms with Crippen LogP contribution < -0.4 is 15.4 Å². The van der Waals surface area contributed by atoms with Crippen LogP contribution in [0.15, 0.2) is 54.7 Å². The molecule has 0 bridgehead atoms. The Kier molecular flexibility index (Phi) is 5.72. The van der Waals surface area contributed by atoms with Crippen molar-refractivity contribution < 1.29 is 17.9 Å². The first-order chi connectivity index (χ1) is 16.7. The Morgan fingerprint density at radius 2 is 1.80 bits per heavy atom. The fraction of sp³-hybridized carbons (Fsp3) is 0.200. The van der Waals surface area contributed by atoms with Gasteiger partial charge in [0.2, 0.25) is 5.95 Å². The minimum Gasteiger partial charge on any atom is -0.406 e. The number of aromatic nitrogens is 4. The average Bonchev–Trinajstić information content (AvgIpc) is 3.34. The van der Waals surface area contributed by atoms with E-state index in [1.54, 1.807) is 12.3 Å². The lowest BCUT2D eigenvalue weighted by Gasteiger charge is -2.11. The summed E-state index contributed by atoms with van der Waals surface area (Å²) in [5, 5.41) is 8.32. The molecule has 0 unspecified atom stereocenters. The molecular weight excluding hydrogens is 457 g/mol. The lowest BCUT2D eigenvalue weighted by Crippen LogP contribution is -2.17. The third-order valence-electron chi connectivity index (χ3n) is 5.53. The number of hydrogen-bond donors (Lipinski definition) is 4. The molecule has 0 spiro atoms. The Morgan fingerprint density at radius 3 is 2.63 bits per heavy atom. The molecule has 0 atom stereocenters. The Hall–Kier alpha value is -4.21. The molecular formula is C25H23F3N6O. The molecule has 5 rings (SSSR count). The van der Waals surface area contributed by atoms with Crippen molar-refractivity contribution in [1.29, 1.82) is 0 Å². The largest absolute Gasteiger partial charge is 0.573 e. The minimum absolute atomic E-state index is 0.246. The van der Waals surface area contributed by atoms with Gasteiger partial charge in [0.25, 0.3) is 0 Å². The fourth-order valence-corrected chi connectivity index (χ4v) is 4.09. The molecule has 10 heteroatoms. The minimum atomic E-state index is -4.73. The quantitative estimate of drug-likeness (QED) is 0.218. The molecule has 35 heavy (non-hydrogen) atoms. The van der Waals surface area contributed by atoms with Gasteiger partial charge in [-0.25, -0.2) is 4.98 Å². The zero-order valence-electron chi connectivity index (χ0n) is 19.0. The number of rotatable bonds is 7. The van der Waals surface area contributed by atoms with E-state index in [1.165, 1.54) is 12.1 Å². The van der Waals surface area contributed by atoms with E-state index in [2.05, 4.69) is 47.4 Å². The molecule has 5 aromatic rings. The second kappa shape index (κ2) is 8.86. The smallest absolute Gasteiger partial charge is 0.406 e.